The molecule has 8 heteroatoms. The molecule has 0 aliphatic rings. The highest BCUT2D eigenvalue weighted by atomic mass is 32.2. The number of amides is 1. The molecular weight excluding hydrogens is 458 g/mol. The minimum Gasteiger partial charge on any atom is -0.467 e. The molecule has 0 saturated carbocycles. The maximum absolute atomic E-state index is 12.4. The van der Waals surface area contributed by atoms with Crippen molar-refractivity contribution in [3.8, 4) is 17.1 Å². The molecule has 174 valence electrons. The number of aromatic nitrogens is 4. The van der Waals surface area contributed by atoms with Gasteiger partial charge in [0.15, 0.2) is 11.0 Å². The first-order chi connectivity index (χ1) is 17.2. The number of benzene rings is 2. The average molecular weight is 482 g/mol. The first-order valence-corrected chi connectivity index (χ1v) is 12.1. The highest BCUT2D eigenvalue weighted by molar-refractivity contribution is 7.98. The van der Waals surface area contributed by atoms with Gasteiger partial charge >= 0.3 is 0 Å². The third-order valence-corrected chi connectivity index (χ3v) is 6.42. The summed E-state index contributed by atoms with van der Waals surface area (Å²) in [5.41, 5.74) is 4.81. The Morgan fingerprint density at radius 2 is 1.83 bits per heavy atom. The number of aryl methyl sites for hydroxylation is 1. The summed E-state index contributed by atoms with van der Waals surface area (Å²) >= 11 is 1.60. The summed E-state index contributed by atoms with van der Waals surface area (Å²) in [6.07, 6.45) is 5.10. The van der Waals surface area contributed by atoms with Gasteiger partial charge in [0.1, 0.15) is 5.76 Å². The van der Waals surface area contributed by atoms with Crippen molar-refractivity contribution < 1.29 is 9.21 Å². The van der Waals surface area contributed by atoms with Crippen molar-refractivity contribution in [2.75, 3.05) is 0 Å². The smallest absolute Gasteiger partial charge is 0.251 e. The molecule has 5 rings (SSSR count). The fourth-order valence-electron chi connectivity index (χ4n) is 3.63. The molecule has 0 fully saturated rings. The van der Waals surface area contributed by atoms with Gasteiger partial charge < -0.3 is 9.73 Å². The molecule has 0 bridgehead atoms. The van der Waals surface area contributed by atoms with E-state index in [0.29, 0.717) is 17.9 Å². The highest BCUT2D eigenvalue weighted by Crippen LogP contribution is 2.30. The molecule has 1 amide bonds. The summed E-state index contributed by atoms with van der Waals surface area (Å²) < 4.78 is 7.33. The standard InChI is InChI=1S/C27H23N5O2S/c1-19-4-2-5-23(16-19)32-25(21-11-13-28-14-12-21)30-31-27(32)35-18-20-7-9-22(10-8-20)26(33)29-17-24-6-3-15-34-24/h2-16H,17-18H2,1H3,(H,29,33). The first-order valence-electron chi connectivity index (χ1n) is 11.1. The monoisotopic (exact) mass is 481 g/mol. The zero-order chi connectivity index (χ0) is 24.0. The van der Waals surface area contributed by atoms with Gasteiger partial charge in [0.25, 0.3) is 5.91 Å². The van der Waals surface area contributed by atoms with Gasteiger partial charge in [-0.15, -0.1) is 10.2 Å². The van der Waals surface area contributed by atoms with Crippen LogP contribution in [0.15, 0.2) is 101 Å². The number of carbonyl (C=O) groups is 1. The van der Waals surface area contributed by atoms with E-state index in [-0.39, 0.29) is 5.91 Å². The Balaban J connectivity index is 1.32. The molecule has 0 atom stereocenters. The van der Waals surface area contributed by atoms with E-state index >= 15 is 0 Å². The largest absolute Gasteiger partial charge is 0.467 e. The third kappa shape index (κ3) is 5.33. The zero-order valence-corrected chi connectivity index (χ0v) is 19.9. The van der Waals surface area contributed by atoms with Crippen molar-refractivity contribution >= 4 is 17.7 Å². The van der Waals surface area contributed by atoms with Gasteiger partial charge in [-0.1, -0.05) is 36.0 Å². The third-order valence-electron chi connectivity index (χ3n) is 5.42. The minimum absolute atomic E-state index is 0.137. The van der Waals surface area contributed by atoms with E-state index in [9.17, 15) is 4.79 Å². The van der Waals surface area contributed by atoms with Crippen molar-refractivity contribution in [2.45, 2.75) is 24.4 Å². The van der Waals surface area contributed by atoms with Gasteiger partial charge in [0, 0.05) is 35.0 Å². The number of rotatable bonds is 8. The van der Waals surface area contributed by atoms with Gasteiger partial charge in [-0.2, -0.15) is 0 Å². The van der Waals surface area contributed by atoms with E-state index in [1.165, 1.54) is 0 Å². The summed E-state index contributed by atoms with van der Waals surface area (Å²) in [4.78, 5) is 16.5. The normalized spacial score (nSPS) is 10.9. The Kier molecular flexibility index (Phi) is 6.72. The van der Waals surface area contributed by atoms with Crippen LogP contribution in [0, 0.1) is 6.92 Å². The van der Waals surface area contributed by atoms with Crippen LogP contribution in [0.25, 0.3) is 17.1 Å². The molecule has 0 radical (unpaired) electrons. The number of pyridine rings is 1. The van der Waals surface area contributed by atoms with Gasteiger partial charge in [0.05, 0.1) is 12.8 Å². The van der Waals surface area contributed by atoms with Crippen LogP contribution in [-0.2, 0) is 12.3 Å². The second-order valence-electron chi connectivity index (χ2n) is 7.96. The van der Waals surface area contributed by atoms with Crippen LogP contribution in [0.4, 0.5) is 0 Å². The van der Waals surface area contributed by atoms with Crippen LogP contribution >= 0.6 is 11.8 Å². The molecule has 3 aromatic heterocycles. The predicted octanol–water partition coefficient (Wildman–Crippen LogP) is 5.45. The number of hydrogen-bond donors (Lipinski definition) is 1. The van der Waals surface area contributed by atoms with E-state index in [2.05, 4.69) is 50.2 Å². The van der Waals surface area contributed by atoms with Gasteiger partial charge in [0.2, 0.25) is 0 Å². The number of furan rings is 1. The fourth-order valence-corrected chi connectivity index (χ4v) is 4.54. The molecule has 0 aliphatic carbocycles. The Morgan fingerprint density at radius 1 is 1.00 bits per heavy atom. The number of nitrogens with zero attached hydrogens (tertiary/aromatic N) is 4. The van der Waals surface area contributed by atoms with Crippen LogP contribution in [0.2, 0.25) is 0 Å². The fraction of sp³-hybridized carbons (Fsp3) is 0.111. The molecule has 3 heterocycles. The molecule has 0 saturated heterocycles. The van der Waals surface area contributed by atoms with Crippen molar-refractivity contribution in [1.82, 2.24) is 25.1 Å². The summed E-state index contributed by atoms with van der Waals surface area (Å²) in [7, 11) is 0. The molecule has 7 nitrogen and oxygen atoms in total. The number of hydrogen-bond acceptors (Lipinski definition) is 6. The van der Waals surface area contributed by atoms with E-state index in [1.807, 2.05) is 48.5 Å². The molecule has 35 heavy (non-hydrogen) atoms. The molecule has 5 aromatic rings. The van der Waals surface area contributed by atoms with Crippen molar-refractivity contribution in [3.63, 3.8) is 0 Å². The number of carbonyl (C=O) groups excluding carboxylic acids is 1. The Morgan fingerprint density at radius 3 is 2.57 bits per heavy atom. The van der Waals surface area contributed by atoms with Crippen LogP contribution in [0.5, 0.6) is 0 Å². The van der Waals surface area contributed by atoms with Crippen molar-refractivity contribution in [3.05, 3.63) is 114 Å². The van der Waals surface area contributed by atoms with Gasteiger partial charge in [-0.3, -0.25) is 14.3 Å². The summed E-state index contributed by atoms with van der Waals surface area (Å²) in [5, 5.41) is 12.6. The quantitative estimate of drug-likeness (QED) is 0.297. The van der Waals surface area contributed by atoms with Crippen LogP contribution in [-0.4, -0.2) is 25.7 Å². The predicted molar refractivity (Wildman–Crippen MR) is 135 cm³/mol. The van der Waals surface area contributed by atoms with Crippen molar-refractivity contribution in [1.29, 1.82) is 0 Å². The topological polar surface area (TPSA) is 85.8 Å². The molecule has 1 N–H and O–H groups in total. The van der Waals surface area contributed by atoms with Crippen LogP contribution < -0.4 is 5.32 Å². The van der Waals surface area contributed by atoms with Crippen LogP contribution in [0.3, 0.4) is 0 Å². The minimum atomic E-state index is -0.137. The molecule has 2 aromatic carbocycles. The van der Waals surface area contributed by atoms with E-state index in [1.54, 1.807) is 36.5 Å². The lowest BCUT2D eigenvalue weighted by molar-refractivity contribution is 0.0948. The maximum atomic E-state index is 12.4. The lowest BCUT2D eigenvalue weighted by Gasteiger charge is -2.11. The van der Waals surface area contributed by atoms with Crippen LogP contribution in [0.1, 0.15) is 27.2 Å². The highest BCUT2D eigenvalue weighted by Gasteiger charge is 2.16. The maximum Gasteiger partial charge on any atom is 0.251 e. The molecule has 0 unspecified atom stereocenters. The summed E-state index contributed by atoms with van der Waals surface area (Å²) in [6.45, 7) is 2.43. The average Bonchev–Trinajstić information content (AvgIpc) is 3.57. The zero-order valence-electron chi connectivity index (χ0n) is 19.1. The second-order valence-corrected chi connectivity index (χ2v) is 8.91. The Bertz CT molecular complexity index is 1410. The molecular formula is C27H23N5O2S. The molecule has 0 aliphatic heterocycles. The summed E-state index contributed by atoms with van der Waals surface area (Å²) in [5.74, 6) is 2.04. The van der Waals surface area contributed by atoms with Gasteiger partial charge in [-0.05, 0) is 66.6 Å². The number of thioether (sulfide) groups is 1. The van der Waals surface area contributed by atoms with E-state index in [4.69, 9.17) is 4.42 Å². The van der Waals surface area contributed by atoms with Gasteiger partial charge in [-0.25, -0.2) is 0 Å². The van der Waals surface area contributed by atoms with E-state index in [0.717, 1.165) is 39.1 Å². The second kappa shape index (κ2) is 10.4. The SMILES string of the molecule is Cc1cccc(-n2c(SCc3ccc(C(=O)NCc4ccco4)cc3)nnc2-c2ccncc2)c1. The Hall–Kier alpha value is -4.17. The summed E-state index contributed by atoms with van der Waals surface area (Å²) in [6, 6.07) is 23.4. The Labute approximate surface area is 207 Å². The van der Waals surface area contributed by atoms with E-state index < -0.39 is 0 Å². The first kappa shape index (κ1) is 22.6. The lowest BCUT2D eigenvalue weighted by atomic mass is 10.1. The molecule has 0 spiro atoms. The number of nitrogens with one attached hydrogen (secondary N) is 1. The van der Waals surface area contributed by atoms with Crippen molar-refractivity contribution in [2.24, 2.45) is 0 Å². The lowest BCUT2D eigenvalue weighted by Crippen LogP contribution is -2.22.